The van der Waals surface area contributed by atoms with Crippen LogP contribution in [0.4, 0.5) is 0 Å². The highest BCUT2D eigenvalue weighted by atomic mass is 79.9. The summed E-state index contributed by atoms with van der Waals surface area (Å²) in [5.41, 5.74) is 3.11. The second kappa shape index (κ2) is 6.95. The van der Waals surface area contributed by atoms with E-state index in [4.69, 9.17) is 4.74 Å². The zero-order valence-electron chi connectivity index (χ0n) is 11.3. The van der Waals surface area contributed by atoms with Crippen LogP contribution in [0, 0.1) is 0 Å². The number of fused-ring (bicyclic) bond motifs is 1. The third kappa shape index (κ3) is 3.25. The monoisotopic (exact) mass is 349 g/mol. The molecule has 0 fully saturated rings. The van der Waals surface area contributed by atoms with E-state index in [1.54, 1.807) is 6.08 Å². The second-order valence-corrected chi connectivity index (χ2v) is 5.74. The molecule has 20 heavy (non-hydrogen) atoms. The van der Waals surface area contributed by atoms with Gasteiger partial charge >= 0.3 is 0 Å². The van der Waals surface area contributed by atoms with Crippen LogP contribution in [-0.2, 0) is 0 Å². The van der Waals surface area contributed by atoms with E-state index in [9.17, 15) is 0 Å². The van der Waals surface area contributed by atoms with Gasteiger partial charge in [0.25, 0.3) is 0 Å². The Morgan fingerprint density at radius 2 is 2.30 bits per heavy atom. The van der Waals surface area contributed by atoms with Crippen molar-refractivity contribution < 1.29 is 4.74 Å². The summed E-state index contributed by atoms with van der Waals surface area (Å²) < 4.78 is 11.6. The Morgan fingerprint density at radius 1 is 1.50 bits per heavy atom. The average molecular weight is 350 g/mol. The minimum Gasteiger partial charge on any atom is -0.485 e. The van der Waals surface area contributed by atoms with Gasteiger partial charge in [-0.05, 0) is 35.7 Å². The van der Waals surface area contributed by atoms with Gasteiger partial charge in [0, 0.05) is 22.7 Å². The van der Waals surface area contributed by atoms with Crippen molar-refractivity contribution in [3.05, 3.63) is 65.2 Å². The number of benzene rings is 1. The molecule has 0 bridgehead atoms. The van der Waals surface area contributed by atoms with Crippen molar-refractivity contribution in [3.8, 4) is 5.75 Å². The maximum absolute atomic E-state index is 6.07. The van der Waals surface area contributed by atoms with E-state index < -0.39 is 0 Å². The molecule has 104 valence electrons. The molecule has 0 N–H and O–H groups in total. The lowest BCUT2D eigenvalue weighted by Crippen LogP contribution is -2.28. The first-order valence-corrected chi connectivity index (χ1v) is 8.18. The lowest BCUT2D eigenvalue weighted by atomic mass is 9.95. The molecule has 1 aliphatic rings. The van der Waals surface area contributed by atoms with Crippen molar-refractivity contribution >= 4 is 33.6 Å². The zero-order chi connectivity index (χ0) is 14.5. The van der Waals surface area contributed by atoms with Gasteiger partial charge < -0.3 is 4.74 Å². The molecule has 1 aliphatic heterocycles. The molecule has 0 aromatic heterocycles. The van der Waals surface area contributed by atoms with Crippen molar-refractivity contribution in [1.29, 1.82) is 0 Å². The molecule has 1 aromatic rings. The molecule has 0 amide bonds. The molecule has 0 radical (unpaired) electrons. The second-order valence-electron chi connectivity index (χ2n) is 4.28. The molecule has 1 aromatic carbocycles. The van der Waals surface area contributed by atoms with Gasteiger partial charge in [-0.15, -0.1) is 0 Å². The van der Waals surface area contributed by atoms with Gasteiger partial charge in [-0.2, -0.15) is 0 Å². The van der Waals surface area contributed by atoms with Crippen molar-refractivity contribution in [1.82, 2.24) is 0 Å². The molecule has 0 aliphatic carbocycles. The number of rotatable bonds is 4. The number of allylic oxidation sites excluding steroid dienone is 2. The third-order valence-electron chi connectivity index (χ3n) is 3.02. The number of ether oxygens (including phenoxy) is 1. The van der Waals surface area contributed by atoms with E-state index in [1.807, 2.05) is 36.6 Å². The highest BCUT2D eigenvalue weighted by Crippen LogP contribution is 2.33. The summed E-state index contributed by atoms with van der Waals surface area (Å²) >= 11 is 4.96. The Labute approximate surface area is 132 Å². The molecular formula is C16H16BrNOS. The van der Waals surface area contributed by atoms with Crippen LogP contribution in [0.1, 0.15) is 12.0 Å². The summed E-state index contributed by atoms with van der Waals surface area (Å²) in [4.78, 5) is 0. The van der Waals surface area contributed by atoms with Crippen LogP contribution in [-0.4, -0.2) is 18.1 Å². The van der Waals surface area contributed by atoms with Crippen LogP contribution in [0.3, 0.4) is 0 Å². The van der Waals surface area contributed by atoms with E-state index in [2.05, 4.69) is 33.5 Å². The lowest BCUT2D eigenvalue weighted by molar-refractivity contribution is 0.241. The standard InChI is InChI=1S/C16H16BrNOS/c1-4-6-11(5-2)16-10-14(18-20-3)13-9-12(17)7-8-15(13)19-16/h4-9,16H,1-2,10H2,3H3/b11-6+,18-14+. The van der Waals surface area contributed by atoms with E-state index in [-0.39, 0.29) is 6.10 Å². The van der Waals surface area contributed by atoms with E-state index in [0.717, 1.165) is 33.5 Å². The average Bonchev–Trinajstić information content (AvgIpc) is 2.45. The van der Waals surface area contributed by atoms with Crippen molar-refractivity contribution in [2.45, 2.75) is 12.5 Å². The van der Waals surface area contributed by atoms with E-state index >= 15 is 0 Å². The fraction of sp³-hybridized carbons (Fsp3) is 0.188. The fourth-order valence-electron chi connectivity index (χ4n) is 2.14. The van der Waals surface area contributed by atoms with Crippen LogP contribution in [0.5, 0.6) is 5.75 Å². The largest absolute Gasteiger partial charge is 0.485 e. The topological polar surface area (TPSA) is 21.6 Å². The predicted molar refractivity (Wildman–Crippen MR) is 91.7 cm³/mol. The lowest BCUT2D eigenvalue weighted by Gasteiger charge is -2.28. The smallest absolute Gasteiger partial charge is 0.129 e. The first-order chi connectivity index (χ1) is 9.69. The highest BCUT2D eigenvalue weighted by molar-refractivity contribution is 9.10. The molecular weight excluding hydrogens is 334 g/mol. The fourth-order valence-corrected chi connectivity index (χ4v) is 2.89. The number of halogens is 1. The molecule has 4 heteroatoms. The Kier molecular flexibility index (Phi) is 5.26. The molecule has 0 saturated heterocycles. The zero-order valence-corrected chi connectivity index (χ0v) is 13.7. The van der Waals surface area contributed by atoms with Gasteiger partial charge in [-0.25, -0.2) is 4.40 Å². The van der Waals surface area contributed by atoms with Gasteiger partial charge in [0.1, 0.15) is 11.9 Å². The van der Waals surface area contributed by atoms with E-state index in [1.165, 1.54) is 11.9 Å². The Balaban J connectivity index is 2.44. The summed E-state index contributed by atoms with van der Waals surface area (Å²) in [5, 5.41) is 0. The quantitative estimate of drug-likeness (QED) is 0.565. The summed E-state index contributed by atoms with van der Waals surface area (Å²) in [6.45, 7) is 7.58. The summed E-state index contributed by atoms with van der Waals surface area (Å²) in [5.74, 6) is 0.856. The van der Waals surface area contributed by atoms with Gasteiger partial charge in [0.05, 0.1) is 5.71 Å². The highest BCUT2D eigenvalue weighted by Gasteiger charge is 2.26. The molecule has 0 spiro atoms. The molecule has 0 saturated carbocycles. The number of nitrogens with zero attached hydrogens (tertiary/aromatic N) is 1. The van der Waals surface area contributed by atoms with Crippen molar-refractivity contribution in [3.63, 3.8) is 0 Å². The molecule has 1 atom stereocenters. The van der Waals surface area contributed by atoms with Gasteiger partial charge in [0.15, 0.2) is 0 Å². The third-order valence-corrected chi connectivity index (χ3v) is 3.92. The van der Waals surface area contributed by atoms with Crippen LogP contribution >= 0.6 is 27.9 Å². The van der Waals surface area contributed by atoms with Crippen LogP contribution in [0.2, 0.25) is 0 Å². The van der Waals surface area contributed by atoms with Gasteiger partial charge in [-0.1, -0.05) is 47.3 Å². The van der Waals surface area contributed by atoms with Crippen molar-refractivity contribution in [2.75, 3.05) is 6.26 Å². The normalized spacial score (nSPS) is 20.2. The van der Waals surface area contributed by atoms with Gasteiger partial charge in [-0.3, -0.25) is 0 Å². The number of hydrogen-bond acceptors (Lipinski definition) is 3. The Hall–Kier alpha value is -1.26. The maximum Gasteiger partial charge on any atom is 0.129 e. The molecule has 2 rings (SSSR count). The van der Waals surface area contributed by atoms with Crippen LogP contribution in [0.15, 0.2) is 64.0 Å². The Morgan fingerprint density at radius 3 is 2.95 bits per heavy atom. The molecule has 2 nitrogen and oxygen atoms in total. The predicted octanol–water partition coefficient (Wildman–Crippen LogP) is 4.97. The van der Waals surface area contributed by atoms with E-state index in [0.29, 0.717) is 0 Å². The van der Waals surface area contributed by atoms with Crippen molar-refractivity contribution in [2.24, 2.45) is 4.40 Å². The minimum atomic E-state index is -0.0647. The first kappa shape index (κ1) is 15.1. The van der Waals surface area contributed by atoms with Crippen LogP contribution < -0.4 is 4.74 Å². The number of hydrogen-bond donors (Lipinski definition) is 0. The van der Waals surface area contributed by atoms with Gasteiger partial charge in [0.2, 0.25) is 0 Å². The molecule has 1 heterocycles. The maximum atomic E-state index is 6.07. The summed E-state index contributed by atoms with van der Waals surface area (Å²) in [6, 6.07) is 5.99. The Bertz CT molecular complexity index is 592. The summed E-state index contributed by atoms with van der Waals surface area (Å²) in [6.07, 6.45) is 8.12. The first-order valence-electron chi connectivity index (χ1n) is 6.21. The van der Waals surface area contributed by atoms with Crippen LogP contribution in [0.25, 0.3) is 0 Å². The molecule has 1 unspecified atom stereocenters. The minimum absolute atomic E-state index is 0.0647. The SMILES string of the molecule is C=C/C=C(\C=C)C1C/C(=N\SC)c2cc(Br)ccc2O1. The summed E-state index contributed by atoms with van der Waals surface area (Å²) in [7, 11) is 0.